The number of thiophene rings is 2. The van der Waals surface area contributed by atoms with Crippen LogP contribution in [0, 0.1) is 0 Å². The van der Waals surface area contributed by atoms with Gasteiger partial charge in [-0.1, -0.05) is 133 Å². The number of hydrogen-bond donors (Lipinski definition) is 0. The van der Waals surface area contributed by atoms with E-state index < -0.39 is 0 Å². The second kappa shape index (κ2) is 12.8. The van der Waals surface area contributed by atoms with Gasteiger partial charge in [-0.2, -0.15) is 0 Å². The third-order valence-corrected chi connectivity index (χ3v) is 13.3. The molecule has 0 radical (unpaired) electrons. The van der Waals surface area contributed by atoms with E-state index in [9.17, 15) is 0 Å². The maximum atomic E-state index is 5.23. The molecule has 0 amide bonds. The Kier molecular flexibility index (Phi) is 7.24. The highest BCUT2D eigenvalue weighted by Crippen LogP contribution is 2.44. The molecule has 0 aliphatic heterocycles. The van der Waals surface area contributed by atoms with E-state index in [0.717, 1.165) is 22.4 Å². The van der Waals surface area contributed by atoms with Crippen LogP contribution in [0.2, 0.25) is 0 Å². The fourth-order valence-electron chi connectivity index (χ4n) is 8.50. The average molecular weight is 763 g/mol. The lowest BCUT2D eigenvalue weighted by molar-refractivity contribution is 1.08. The molecule has 0 atom stereocenters. The van der Waals surface area contributed by atoms with E-state index in [-0.39, 0.29) is 0 Å². The minimum atomic E-state index is 0.661. The van der Waals surface area contributed by atoms with E-state index in [1.54, 1.807) is 11.3 Å². The van der Waals surface area contributed by atoms with E-state index in [1.165, 1.54) is 73.3 Å². The second-order valence-corrected chi connectivity index (χ2v) is 16.5. The minimum absolute atomic E-state index is 0.661. The predicted molar refractivity (Wildman–Crippen MR) is 242 cm³/mol. The van der Waals surface area contributed by atoms with E-state index in [2.05, 4.69) is 168 Å². The Morgan fingerprint density at radius 2 is 0.895 bits per heavy atom. The van der Waals surface area contributed by atoms with Gasteiger partial charge in [-0.25, -0.2) is 15.0 Å². The fraction of sp³-hybridized carbons (Fsp3) is 0. The highest BCUT2D eigenvalue weighted by molar-refractivity contribution is 7.26. The zero-order valence-electron chi connectivity index (χ0n) is 30.4. The van der Waals surface area contributed by atoms with Crippen LogP contribution in [0.15, 0.2) is 182 Å². The maximum absolute atomic E-state index is 5.23. The molecule has 4 nitrogen and oxygen atoms in total. The summed E-state index contributed by atoms with van der Waals surface area (Å²) in [6.07, 6.45) is 0. The molecule has 12 aromatic rings. The van der Waals surface area contributed by atoms with Crippen LogP contribution in [-0.2, 0) is 0 Å². The maximum Gasteiger partial charge on any atom is 0.164 e. The van der Waals surface area contributed by atoms with Crippen LogP contribution in [0.4, 0.5) is 0 Å². The Labute approximate surface area is 335 Å². The number of rotatable bonds is 5. The Balaban J connectivity index is 1.03. The second-order valence-electron chi connectivity index (χ2n) is 14.4. The van der Waals surface area contributed by atoms with Gasteiger partial charge in [-0.15, -0.1) is 22.7 Å². The van der Waals surface area contributed by atoms with Gasteiger partial charge in [-0.05, 0) is 59.7 Å². The molecule has 8 aromatic carbocycles. The van der Waals surface area contributed by atoms with Crippen molar-refractivity contribution in [3.8, 4) is 51.0 Å². The molecule has 12 rings (SSSR count). The van der Waals surface area contributed by atoms with Gasteiger partial charge in [0.1, 0.15) is 0 Å². The number of benzene rings is 8. The van der Waals surface area contributed by atoms with Crippen molar-refractivity contribution in [3.05, 3.63) is 182 Å². The molecule has 57 heavy (non-hydrogen) atoms. The van der Waals surface area contributed by atoms with E-state index in [0.29, 0.717) is 17.5 Å². The first-order valence-electron chi connectivity index (χ1n) is 19.0. The molecule has 0 saturated heterocycles. The van der Waals surface area contributed by atoms with E-state index in [1.807, 2.05) is 29.5 Å². The lowest BCUT2D eigenvalue weighted by atomic mass is 9.98. The van der Waals surface area contributed by atoms with Gasteiger partial charge < -0.3 is 4.57 Å². The highest BCUT2D eigenvalue weighted by atomic mass is 32.1. The van der Waals surface area contributed by atoms with Crippen molar-refractivity contribution < 1.29 is 0 Å². The lowest BCUT2D eigenvalue weighted by Gasteiger charge is -2.10. The minimum Gasteiger partial charge on any atom is -0.309 e. The van der Waals surface area contributed by atoms with Crippen LogP contribution in [0.3, 0.4) is 0 Å². The molecule has 0 bridgehead atoms. The Morgan fingerprint density at radius 1 is 0.333 bits per heavy atom. The summed E-state index contributed by atoms with van der Waals surface area (Å²) in [6.45, 7) is 0. The van der Waals surface area contributed by atoms with Crippen LogP contribution < -0.4 is 0 Å². The molecule has 6 heteroatoms. The Hall–Kier alpha value is -6.99. The summed E-state index contributed by atoms with van der Waals surface area (Å²) in [6, 6.07) is 64.9. The zero-order chi connectivity index (χ0) is 37.5. The van der Waals surface area contributed by atoms with Gasteiger partial charge in [0.2, 0.25) is 0 Å². The largest absolute Gasteiger partial charge is 0.309 e. The zero-order valence-corrected chi connectivity index (χ0v) is 32.1. The van der Waals surface area contributed by atoms with Gasteiger partial charge in [0, 0.05) is 73.5 Å². The molecule has 0 aliphatic carbocycles. The molecule has 4 heterocycles. The fourth-order valence-corrected chi connectivity index (χ4v) is 10.8. The van der Waals surface area contributed by atoms with Crippen molar-refractivity contribution in [3.63, 3.8) is 0 Å². The average Bonchev–Trinajstić information content (AvgIpc) is 3.96. The SMILES string of the molecule is c1ccc(-c2nc(-c3ccc4c(c3)sc3cccc(-c5ccc6c7ccccc7n(-c7ccccc7)c6c5)c34)nc(-c3cccc4sc5ccccc5c34)n2)cc1. The van der Waals surface area contributed by atoms with Crippen LogP contribution >= 0.6 is 22.7 Å². The van der Waals surface area contributed by atoms with Crippen molar-refractivity contribution in [1.29, 1.82) is 0 Å². The molecule has 0 spiro atoms. The number of aromatic nitrogens is 4. The molecule has 4 aromatic heterocycles. The molecule has 0 unspecified atom stereocenters. The summed E-state index contributed by atoms with van der Waals surface area (Å²) >= 11 is 3.62. The number of nitrogens with zero attached hydrogens (tertiary/aromatic N) is 4. The Morgan fingerprint density at radius 3 is 1.72 bits per heavy atom. The highest BCUT2D eigenvalue weighted by Gasteiger charge is 2.19. The Bertz CT molecular complexity index is 3530. The van der Waals surface area contributed by atoms with Gasteiger partial charge in [0.05, 0.1) is 11.0 Å². The molecular formula is C51H30N4S2. The van der Waals surface area contributed by atoms with Crippen molar-refractivity contribution in [1.82, 2.24) is 19.5 Å². The van der Waals surface area contributed by atoms with Crippen molar-refractivity contribution >= 4 is 84.8 Å². The number of para-hydroxylation sites is 2. The smallest absolute Gasteiger partial charge is 0.164 e. The quantitative estimate of drug-likeness (QED) is 0.175. The number of hydrogen-bond acceptors (Lipinski definition) is 5. The molecule has 266 valence electrons. The van der Waals surface area contributed by atoms with Crippen molar-refractivity contribution in [2.24, 2.45) is 0 Å². The van der Waals surface area contributed by atoms with Gasteiger partial charge in [-0.3, -0.25) is 0 Å². The molecule has 0 saturated carbocycles. The normalized spacial score (nSPS) is 11.9. The topological polar surface area (TPSA) is 43.6 Å². The first-order chi connectivity index (χ1) is 28.2. The summed E-state index contributed by atoms with van der Waals surface area (Å²) in [5.41, 5.74) is 8.92. The standard InChI is InChI=1S/C51H30N4S2/c1-3-13-31(14-4-1)49-52-50(54-51(53-49)40-20-12-24-45-48(40)38-18-8-10-22-43(38)56-45)33-26-28-39-46(30-33)57-44-23-11-19-35(47(39)44)32-25-27-37-36-17-7-9-21-41(36)55(42(37)29-32)34-15-5-2-6-16-34/h1-30H. The number of fused-ring (bicyclic) bond motifs is 9. The monoisotopic (exact) mass is 762 g/mol. The molecular weight excluding hydrogens is 733 g/mol. The van der Waals surface area contributed by atoms with Crippen LogP contribution in [0.25, 0.3) is 113 Å². The molecule has 0 N–H and O–H groups in total. The summed E-state index contributed by atoms with van der Waals surface area (Å²) in [7, 11) is 0. The van der Waals surface area contributed by atoms with Crippen molar-refractivity contribution in [2.45, 2.75) is 0 Å². The van der Waals surface area contributed by atoms with Gasteiger partial charge in [0.15, 0.2) is 17.5 Å². The van der Waals surface area contributed by atoms with Crippen LogP contribution in [0.1, 0.15) is 0 Å². The summed E-state index contributed by atoms with van der Waals surface area (Å²) in [5, 5.41) is 7.41. The summed E-state index contributed by atoms with van der Waals surface area (Å²) in [5.74, 6) is 2.00. The third kappa shape index (κ3) is 5.15. The van der Waals surface area contributed by atoms with E-state index >= 15 is 0 Å². The van der Waals surface area contributed by atoms with Gasteiger partial charge in [0.25, 0.3) is 0 Å². The predicted octanol–water partition coefficient (Wildman–Crippen LogP) is 14.4. The lowest BCUT2D eigenvalue weighted by Crippen LogP contribution is -2.00. The van der Waals surface area contributed by atoms with Crippen molar-refractivity contribution in [2.75, 3.05) is 0 Å². The van der Waals surface area contributed by atoms with E-state index in [4.69, 9.17) is 15.0 Å². The van der Waals surface area contributed by atoms with Crippen LogP contribution in [0.5, 0.6) is 0 Å². The summed E-state index contributed by atoms with van der Waals surface area (Å²) in [4.78, 5) is 15.5. The molecule has 0 aliphatic rings. The first-order valence-corrected chi connectivity index (χ1v) is 20.7. The molecule has 0 fully saturated rings. The van der Waals surface area contributed by atoms with Gasteiger partial charge >= 0.3 is 0 Å². The summed E-state index contributed by atoms with van der Waals surface area (Å²) < 4.78 is 7.32. The first kappa shape index (κ1) is 32.3. The third-order valence-electron chi connectivity index (χ3n) is 11.1. The van der Waals surface area contributed by atoms with Crippen LogP contribution in [-0.4, -0.2) is 19.5 Å².